The molecule has 1 rings (SSSR count). The molecule has 0 saturated carbocycles. The summed E-state index contributed by atoms with van der Waals surface area (Å²) in [7, 11) is 0. The molecule has 4 unspecified atom stereocenters. The summed E-state index contributed by atoms with van der Waals surface area (Å²) in [5, 5.41) is 32.0. The Hall–Kier alpha value is -3.46. The molecule has 1 fully saturated rings. The third-order valence-electron chi connectivity index (χ3n) is 4.93. The standard InChI is InChI=1S/C18H31N7O8/c19-9(3-1-5-22-18(20)21)14(29)24-11(8-26)16(31)25-6-2-4-12(25)15(30)23-10(17(32)33)7-13(27)28/h9-12,26H,1-8,19H2,(H,23,30)(H,24,29)(H,27,28)(H,32,33)(H4,20,21,22). The van der Waals surface area contributed by atoms with Gasteiger partial charge in [-0.25, -0.2) is 4.79 Å². The lowest BCUT2D eigenvalue weighted by Crippen LogP contribution is -2.57. The molecule has 33 heavy (non-hydrogen) atoms. The van der Waals surface area contributed by atoms with Gasteiger partial charge < -0.3 is 48.1 Å². The summed E-state index contributed by atoms with van der Waals surface area (Å²) in [5.74, 6) is -5.33. The maximum Gasteiger partial charge on any atom is 0.326 e. The van der Waals surface area contributed by atoms with Crippen LogP contribution in [-0.2, 0) is 24.0 Å². The molecule has 15 heteroatoms. The van der Waals surface area contributed by atoms with Crippen LogP contribution in [0.1, 0.15) is 32.1 Å². The first kappa shape index (κ1) is 27.6. The first-order chi connectivity index (χ1) is 15.5. The molecule has 0 aromatic heterocycles. The third-order valence-corrected chi connectivity index (χ3v) is 4.93. The Morgan fingerprint density at radius 2 is 1.76 bits per heavy atom. The highest BCUT2D eigenvalue weighted by molar-refractivity contribution is 5.95. The second-order valence-corrected chi connectivity index (χ2v) is 7.49. The molecule has 4 atom stereocenters. The second-order valence-electron chi connectivity index (χ2n) is 7.49. The highest BCUT2D eigenvalue weighted by Gasteiger charge is 2.39. The molecule has 1 saturated heterocycles. The number of aliphatic imine (C=N–C) groups is 1. The lowest BCUT2D eigenvalue weighted by atomic mass is 10.1. The second kappa shape index (κ2) is 13.2. The fourth-order valence-electron chi connectivity index (χ4n) is 3.26. The first-order valence-electron chi connectivity index (χ1n) is 10.3. The maximum atomic E-state index is 12.9. The van der Waals surface area contributed by atoms with Crippen molar-refractivity contribution >= 4 is 35.6 Å². The molecule has 1 heterocycles. The van der Waals surface area contributed by atoms with Crippen LogP contribution in [0.4, 0.5) is 0 Å². The Kier molecular flexibility index (Phi) is 11.0. The molecule has 186 valence electrons. The van der Waals surface area contributed by atoms with Crippen molar-refractivity contribution in [1.29, 1.82) is 0 Å². The number of nitrogens with zero attached hydrogens (tertiary/aromatic N) is 2. The SMILES string of the molecule is NC(N)=NCCCC(N)C(=O)NC(CO)C(=O)N1CCCC1C(=O)NC(CC(=O)O)C(=O)O. The highest BCUT2D eigenvalue weighted by atomic mass is 16.4. The van der Waals surface area contributed by atoms with Gasteiger partial charge in [-0.05, 0) is 25.7 Å². The molecule has 0 bridgehead atoms. The molecule has 0 radical (unpaired) electrons. The number of rotatable bonds is 13. The van der Waals surface area contributed by atoms with Gasteiger partial charge in [0.1, 0.15) is 18.1 Å². The number of likely N-dealkylation sites (tertiary alicyclic amines) is 1. The Labute approximate surface area is 189 Å². The summed E-state index contributed by atoms with van der Waals surface area (Å²) in [4.78, 5) is 64.6. The minimum Gasteiger partial charge on any atom is -0.481 e. The van der Waals surface area contributed by atoms with Crippen LogP contribution in [0.15, 0.2) is 4.99 Å². The van der Waals surface area contributed by atoms with Crippen LogP contribution in [0.25, 0.3) is 0 Å². The van der Waals surface area contributed by atoms with Gasteiger partial charge in [-0.2, -0.15) is 0 Å². The molecule has 0 aromatic carbocycles. The molecule has 0 aliphatic carbocycles. The van der Waals surface area contributed by atoms with Crippen LogP contribution in [0.2, 0.25) is 0 Å². The molecular formula is C18H31N7O8. The predicted octanol–water partition coefficient (Wildman–Crippen LogP) is -4.12. The zero-order valence-electron chi connectivity index (χ0n) is 18.0. The Morgan fingerprint density at radius 3 is 2.30 bits per heavy atom. The molecule has 11 N–H and O–H groups in total. The zero-order valence-corrected chi connectivity index (χ0v) is 18.0. The largest absolute Gasteiger partial charge is 0.481 e. The van der Waals surface area contributed by atoms with Gasteiger partial charge in [-0.1, -0.05) is 0 Å². The number of guanidine groups is 1. The van der Waals surface area contributed by atoms with Gasteiger partial charge in [-0.15, -0.1) is 0 Å². The van der Waals surface area contributed by atoms with E-state index in [-0.39, 0.29) is 31.9 Å². The number of hydrogen-bond donors (Lipinski definition) is 8. The quantitative estimate of drug-likeness (QED) is 0.0723. The summed E-state index contributed by atoms with van der Waals surface area (Å²) >= 11 is 0. The van der Waals surface area contributed by atoms with Crippen LogP contribution in [0, 0.1) is 0 Å². The average Bonchev–Trinajstić information content (AvgIpc) is 3.23. The summed E-state index contributed by atoms with van der Waals surface area (Å²) in [5.41, 5.74) is 16.2. The predicted molar refractivity (Wildman–Crippen MR) is 113 cm³/mol. The van der Waals surface area contributed by atoms with E-state index in [9.17, 15) is 29.1 Å². The van der Waals surface area contributed by atoms with E-state index < -0.39 is 66.9 Å². The zero-order chi connectivity index (χ0) is 25.1. The average molecular weight is 473 g/mol. The van der Waals surface area contributed by atoms with Crippen molar-refractivity contribution in [2.45, 2.75) is 56.3 Å². The number of carboxylic acids is 2. The fraction of sp³-hybridized carbons (Fsp3) is 0.667. The molecular weight excluding hydrogens is 442 g/mol. The Balaban J connectivity index is 2.75. The minimum absolute atomic E-state index is 0.0965. The lowest BCUT2D eigenvalue weighted by Gasteiger charge is -2.29. The number of hydrogen-bond acceptors (Lipinski definition) is 8. The van der Waals surface area contributed by atoms with Crippen molar-refractivity contribution in [3.63, 3.8) is 0 Å². The molecule has 15 nitrogen and oxygen atoms in total. The summed E-state index contributed by atoms with van der Waals surface area (Å²) < 4.78 is 0. The number of aliphatic carboxylic acids is 2. The number of carbonyl (C=O) groups excluding carboxylic acids is 3. The smallest absolute Gasteiger partial charge is 0.326 e. The molecule has 0 aromatic rings. The number of carbonyl (C=O) groups is 5. The number of amides is 3. The van der Waals surface area contributed by atoms with Crippen LogP contribution in [-0.4, -0.2) is 99.7 Å². The van der Waals surface area contributed by atoms with E-state index in [1.165, 1.54) is 0 Å². The molecule has 0 spiro atoms. The number of nitrogens with one attached hydrogen (secondary N) is 2. The van der Waals surface area contributed by atoms with Crippen molar-refractivity contribution in [2.75, 3.05) is 19.7 Å². The van der Waals surface area contributed by atoms with E-state index in [1.54, 1.807) is 0 Å². The fourth-order valence-corrected chi connectivity index (χ4v) is 3.26. The topological polar surface area (TPSA) is 264 Å². The van der Waals surface area contributed by atoms with E-state index >= 15 is 0 Å². The van der Waals surface area contributed by atoms with Gasteiger partial charge in [0.2, 0.25) is 17.7 Å². The minimum atomic E-state index is -1.67. The van der Waals surface area contributed by atoms with Crippen LogP contribution < -0.4 is 27.8 Å². The van der Waals surface area contributed by atoms with E-state index in [0.717, 1.165) is 4.90 Å². The van der Waals surface area contributed by atoms with Gasteiger partial charge in [0, 0.05) is 13.1 Å². The Bertz CT molecular complexity index is 771. The maximum absolute atomic E-state index is 12.9. The van der Waals surface area contributed by atoms with Crippen molar-refractivity contribution in [1.82, 2.24) is 15.5 Å². The van der Waals surface area contributed by atoms with Gasteiger partial charge in [0.25, 0.3) is 0 Å². The van der Waals surface area contributed by atoms with E-state index in [0.29, 0.717) is 12.8 Å². The van der Waals surface area contributed by atoms with Crippen molar-refractivity contribution < 1.29 is 39.3 Å². The number of aliphatic hydroxyl groups excluding tert-OH is 1. The number of carboxylic acid groups (broad SMARTS) is 2. The molecule has 3 amide bonds. The van der Waals surface area contributed by atoms with Gasteiger partial charge >= 0.3 is 11.9 Å². The molecule has 1 aliphatic heterocycles. The van der Waals surface area contributed by atoms with Crippen LogP contribution in [0.5, 0.6) is 0 Å². The molecule has 1 aliphatic rings. The van der Waals surface area contributed by atoms with E-state index in [4.69, 9.17) is 27.4 Å². The van der Waals surface area contributed by atoms with Crippen molar-refractivity contribution in [2.24, 2.45) is 22.2 Å². The third kappa shape index (κ3) is 8.89. The summed E-state index contributed by atoms with van der Waals surface area (Å²) in [6.45, 7) is -0.368. The first-order valence-corrected chi connectivity index (χ1v) is 10.3. The summed E-state index contributed by atoms with van der Waals surface area (Å²) in [6.07, 6.45) is 0.395. The normalized spacial score (nSPS) is 18.0. The van der Waals surface area contributed by atoms with E-state index in [2.05, 4.69) is 15.6 Å². The van der Waals surface area contributed by atoms with Crippen LogP contribution in [0.3, 0.4) is 0 Å². The highest BCUT2D eigenvalue weighted by Crippen LogP contribution is 2.19. The van der Waals surface area contributed by atoms with Gasteiger partial charge in [0.05, 0.1) is 19.1 Å². The Morgan fingerprint density at radius 1 is 1.09 bits per heavy atom. The number of nitrogens with two attached hydrogens (primary N) is 3. The lowest BCUT2D eigenvalue weighted by molar-refractivity contribution is -0.148. The van der Waals surface area contributed by atoms with E-state index in [1.807, 2.05) is 0 Å². The van der Waals surface area contributed by atoms with Crippen LogP contribution >= 0.6 is 0 Å². The van der Waals surface area contributed by atoms with Crippen molar-refractivity contribution in [3.8, 4) is 0 Å². The number of aliphatic hydroxyl groups is 1. The van der Waals surface area contributed by atoms with Gasteiger partial charge in [-0.3, -0.25) is 24.2 Å². The summed E-state index contributed by atoms with van der Waals surface area (Å²) in [6, 6.07) is -5.11. The monoisotopic (exact) mass is 473 g/mol. The van der Waals surface area contributed by atoms with Crippen molar-refractivity contribution in [3.05, 3.63) is 0 Å². The van der Waals surface area contributed by atoms with Gasteiger partial charge in [0.15, 0.2) is 5.96 Å².